The van der Waals surface area contributed by atoms with Crippen LogP contribution in [0.15, 0.2) is 12.1 Å². The Hall–Kier alpha value is -0.890. The van der Waals surface area contributed by atoms with Crippen molar-refractivity contribution in [1.82, 2.24) is 0 Å². The van der Waals surface area contributed by atoms with Crippen LogP contribution < -0.4 is 10.5 Å². The second-order valence-electron chi connectivity index (χ2n) is 2.58. The first-order valence-electron chi connectivity index (χ1n) is 3.81. The molecule has 1 rings (SSSR count). The van der Waals surface area contributed by atoms with Gasteiger partial charge in [0.15, 0.2) is 0 Å². The fourth-order valence-electron chi connectivity index (χ4n) is 1.04. The van der Waals surface area contributed by atoms with E-state index in [4.69, 9.17) is 10.5 Å². The number of hydrogen-bond donors (Lipinski definition) is 1. The molecule has 0 heterocycles. The third-order valence-corrected chi connectivity index (χ3v) is 2.97. The molecule has 1 aromatic rings. The first-order valence-corrected chi connectivity index (χ1v) is 4.89. The number of nitrogens with two attached hydrogens (primary N) is 1. The lowest BCUT2D eigenvalue weighted by Gasteiger charge is -2.07. The minimum Gasteiger partial charge on any atom is -0.495 e. The van der Waals surface area contributed by atoms with Gasteiger partial charge in [-0.3, -0.25) is 10.1 Å². The summed E-state index contributed by atoms with van der Waals surface area (Å²) in [5.74, 6) is 0.486. The van der Waals surface area contributed by atoms with E-state index in [9.17, 15) is 10.1 Å². The van der Waals surface area contributed by atoms with Gasteiger partial charge in [-0.15, -0.1) is 0 Å². The number of hydrogen-bond acceptors (Lipinski definition) is 4. The predicted molar refractivity (Wildman–Crippen MR) is 60.3 cm³/mol. The Morgan fingerprint density at radius 2 is 2.29 bits per heavy atom. The van der Waals surface area contributed by atoms with E-state index in [0.29, 0.717) is 5.75 Å². The number of ether oxygens (including phenoxy) is 1. The van der Waals surface area contributed by atoms with Crippen molar-refractivity contribution in [3.8, 4) is 5.75 Å². The molecule has 0 amide bonds. The number of methoxy groups -OCH3 is 1. The maximum atomic E-state index is 10.6. The van der Waals surface area contributed by atoms with Gasteiger partial charge in [-0.1, -0.05) is 0 Å². The third kappa shape index (κ3) is 2.13. The number of nitrogens with zero attached hydrogens (tertiary/aromatic N) is 1. The van der Waals surface area contributed by atoms with Gasteiger partial charge in [-0.2, -0.15) is 0 Å². The van der Waals surface area contributed by atoms with Crippen molar-refractivity contribution in [1.29, 1.82) is 0 Å². The Morgan fingerprint density at radius 1 is 1.64 bits per heavy atom. The molecule has 14 heavy (non-hydrogen) atoms. The molecule has 0 aliphatic heterocycles. The van der Waals surface area contributed by atoms with Crippen LogP contribution in [0.4, 0.5) is 5.69 Å². The number of rotatable bonds is 3. The van der Waals surface area contributed by atoms with Gasteiger partial charge in [0.2, 0.25) is 0 Å². The number of non-ortho nitro benzene ring substituents is 1. The number of benzene rings is 1. The van der Waals surface area contributed by atoms with Crippen molar-refractivity contribution in [2.75, 3.05) is 7.11 Å². The van der Waals surface area contributed by atoms with E-state index in [1.807, 2.05) is 0 Å². The first kappa shape index (κ1) is 11.2. The molecule has 2 N–H and O–H groups in total. The zero-order valence-electron chi connectivity index (χ0n) is 7.49. The zero-order chi connectivity index (χ0) is 10.7. The quantitative estimate of drug-likeness (QED) is 0.523. The van der Waals surface area contributed by atoms with Crippen molar-refractivity contribution in [3.63, 3.8) is 0 Å². The maximum Gasteiger partial charge on any atom is 0.273 e. The fourth-order valence-corrected chi connectivity index (χ4v) is 1.79. The zero-order valence-corrected chi connectivity index (χ0v) is 9.65. The van der Waals surface area contributed by atoms with E-state index < -0.39 is 4.92 Å². The smallest absolute Gasteiger partial charge is 0.273 e. The Labute approximate surface area is 94.5 Å². The molecular formula is C8H9IN2O3. The van der Waals surface area contributed by atoms with Gasteiger partial charge in [0.25, 0.3) is 5.69 Å². The largest absolute Gasteiger partial charge is 0.495 e. The summed E-state index contributed by atoms with van der Waals surface area (Å²) in [7, 11) is 1.47. The standard InChI is InChI=1S/C8H9IN2O3/c1-14-7-3-6(11(12)13)2-5(4-10)8(7)9/h2-3H,4,10H2,1H3. The highest BCUT2D eigenvalue weighted by molar-refractivity contribution is 14.1. The first-order chi connectivity index (χ1) is 6.60. The monoisotopic (exact) mass is 308 g/mol. The summed E-state index contributed by atoms with van der Waals surface area (Å²) in [5, 5.41) is 10.6. The van der Waals surface area contributed by atoms with Crippen molar-refractivity contribution in [2.45, 2.75) is 6.54 Å². The van der Waals surface area contributed by atoms with E-state index in [0.717, 1.165) is 9.13 Å². The Bertz CT molecular complexity index is 343. The molecule has 0 fully saturated rings. The van der Waals surface area contributed by atoms with Crippen LogP contribution in [0.25, 0.3) is 0 Å². The van der Waals surface area contributed by atoms with Crippen LogP contribution >= 0.6 is 22.6 Å². The molecule has 0 spiro atoms. The summed E-state index contributed by atoms with van der Waals surface area (Å²) in [6.45, 7) is 0.260. The summed E-state index contributed by atoms with van der Waals surface area (Å²) in [6, 6.07) is 2.85. The van der Waals surface area contributed by atoms with Gasteiger partial charge >= 0.3 is 0 Å². The molecule has 0 aliphatic rings. The maximum absolute atomic E-state index is 10.6. The molecule has 0 aromatic heterocycles. The average molecular weight is 308 g/mol. The minimum atomic E-state index is -0.461. The summed E-state index contributed by atoms with van der Waals surface area (Å²) in [5.41, 5.74) is 6.18. The van der Waals surface area contributed by atoms with E-state index in [1.54, 1.807) is 0 Å². The van der Waals surface area contributed by atoms with Crippen LogP contribution in [0, 0.1) is 13.7 Å². The summed E-state index contributed by atoms with van der Waals surface area (Å²) < 4.78 is 5.83. The lowest BCUT2D eigenvalue weighted by molar-refractivity contribution is -0.385. The molecule has 76 valence electrons. The predicted octanol–water partition coefficient (Wildman–Crippen LogP) is 1.67. The Morgan fingerprint density at radius 3 is 2.71 bits per heavy atom. The molecular weight excluding hydrogens is 299 g/mol. The lowest BCUT2D eigenvalue weighted by atomic mass is 10.2. The fraction of sp³-hybridized carbons (Fsp3) is 0.250. The molecule has 6 heteroatoms. The highest BCUT2D eigenvalue weighted by Crippen LogP contribution is 2.29. The van der Waals surface area contributed by atoms with Gasteiger partial charge in [-0.05, 0) is 28.2 Å². The highest BCUT2D eigenvalue weighted by atomic mass is 127. The van der Waals surface area contributed by atoms with Crippen molar-refractivity contribution in [2.24, 2.45) is 5.73 Å². The summed E-state index contributed by atoms with van der Waals surface area (Å²) in [4.78, 5) is 10.1. The van der Waals surface area contributed by atoms with Gasteiger partial charge < -0.3 is 10.5 Å². The van der Waals surface area contributed by atoms with Gasteiger partial charge in [0.1, 0.15) is 5.75 Å². The Kier molecular flexibility index (Phi) is 3.64. The number of nitro groups is 1. The Balaban J connectivity index is 3.32. The molecule has 0 atom stereocenters. The molecule has 0 aliphatic carbocycles. The van der Waals surface area contributed by atoms with Crippen molar-refractivity contribution >= 4 is 28.3 Å². The van der Waals surface area contributed by atoms with Crippen LogP contribution in [-0.2, 0) is 6.54 Å². The molecule has 1 aromatic carbocycles. The summed E-state index contributed by atoms with van der Waals surface area (Å²) >= 11 is 2.05. The minimum absolute atomic E-state index is 0.00251. The van der Waals surface area contributed by atoms with Crippen LogP contribution in [0.5, 0.6) is 5.75 Å². The molecule has 0 bridgehead atoms. The van der Waals surface area contributed by atoms with E-state index >= 15 is 0 Å². The van der Waals surface area contributed by atoms with Gasteiger partial charge in [-0.25, -0.2) is 0 Å². The molecule has 0 saturated carbocycles. The molecule has 0 unspecified atom stereocenters. The van der Waals surface area contributed by atoms with Crippen LogP contribution in [0.3, 0.4) is 0 Å². The van der Waals surface area contributed by atoms with Crippen molar-refractivity contribution in [3.05, 3.63) is 31.4 Å². The second kappa shape index (κ2) is 4.56. The van der Waals surface area contributed by atoms with E-state index in [2.05, 4.69) is 22.6 Å². The van der Waals surface area contributed by atoms with Gasteiger partial charge in [0, 0.05) is 12.6 Å². The normalized spacial score (nSPS) is 9.93. The SMILES string of the molecule is COc1cc([N+](=O)[O-])cc(CN)c1I. The highest BCUT2D eigenvalue weighted by Gasteiger charge is 2.14. The average Bonchev–Trinajstić information content (AvgIpc) is 2.17. The molecule has 5 nitrogen and oxygen atoms in total. The second-order valence-corrected chi connectivity index (χ2v) is 3.66. The number of nitro benzene ring substituents is 1. The van der Waals surface area contributed by atoms with Crippen LogP contribution in [-0.4, -0.2) is 12.0 Å². The van der Waals surface area contributed by atoms with Gasteiger partial charge in [0.05, 0.1) is 21.7 Å². The molecule has 0 radical (unpaired) electrons. The van der Waals surface area contributed by atoms with Crippen LogP contribution in [0.1, 0.15) is 5.56 Å². The summed E-state index contributed by atoms with van der Waals surface area (Å²) in [6.07, 6.45) is 0. The molecule has 0 saturated heterocycles. The number of halogens is 1. The third-order valence-electron chi connectivity index (χ3n) is 1.75. The van der Waals surface area contributed by atoms with E-state index in [-0.39, 0.29) is 12.2 Å². The van der Waals surface area contributed by atoms with E-state index in [1.165, 1.54) is 19.2 Å². The van der Waals surface area contributed by atoms with Crippen molar-refractivity contribution < 1.29 is 9.66 Å². The lowest BCUT2D eigenvalue weighted by Crippen LogP contribution is -2.02. The topological polar surface area (TPSA) is 78.4 Å². The van der Waals surface area contributed by atoms with Crippen LogP contribution in [0.2, 0.25) is 0 Å².